The van der Waals surface area contributed by atoms with Gasteiger partial charge in [0.15, 0.2) is 5.75 Å². The van der Waals surface area contributed by atoms with Gasteiger partial charge in [-0.3, -0.25) is 14.4 Å². The van der Waals surface area contributed by atoms with Crippen LogP contribution in [0.1, 0.15) is 60.0 Å². The van der Waals surface area contributed by atoms with Gasteiger partial charge >= 0.3 is 0 Å². The molecule has 0 saturated carbocycles. The van der Waals surface area contributed by atoms with Gasteiger partial charge in [-0.15, -0.1) is 0 Å². The molecule has 0 atom stereocenters. The minimum absolute atomic E-state index is 0.0381. The monoisotopic (exact) mass is 474 g/mol. The number of fused-ring (bicyclic) bond motifs is 1. The fourth-order valence-corrected chi connectivity index (χ4v) is 4.52. The first kappa shape index (κ1) is 25.3. The van der Waals surface area contributed by atoms with Crippen molar-refractivity contribution < 1.29 is 28.2 Å². The van der Waals surface area contributed by atoms with Gasteiger partial charge in [0.1, 0.15) is 22.9 Å². The molecule has 182 valence electrons. The number of aromatic hydroxyl groups is 1. The number of aromatic nitrogens is 1. The summed E-state index contributed by atoms with van der Waals surface area (Å²) in [7, 11) is 0. The van der Waals surface area contributed by atoms with Crippen molar-refractivity contribution in [3.63, 3.8) is 0 Å². The summed E-state index contributed by atoms with van der Waals surface area (Å²) in [5.41, 5.74) is -1.45. The van der Waals surface area contributed by atoms with E-state index in [1.165, 1.54) is 16.8 Å². The van der Waals surface area contributed by atoms with Gasteiger partial charge in [0.25, 0.3) is 5.91 Å². The van der Waals surface area contributed by atoms with Crippen LogP contribution in [-0.2, 0) is 17.8 Å². The molecule has 1 aromatic carbocycles. The van der Waals surface area contributed by atoms with Crippen molar-refractivity contribution in [2.24, 2.45) is 5.41 Å². The fourth-order valence-electron chi connectivity index (χ4n) is 4.52. The maximum Gasteiger partial charge on any atom is 0.257 e. The van der Waals surface area contributed by atoms with Crippen molar-refractivity contribution in [1.82, 2.24) is 9.88 Å². The second-order valence-corrected chi connectivity index (χ2v) is 8.04. The predicted octanol–water partition coefficient (Wildman–Crippen LogP) is 3.73. The lowest BCUT2D eigenvalue weighted by molar-refractivity contribution is 0.0194. The number of hydrogen-bond donors (Lipinski definition) is 2. The van der Waals surface area contributed by atoms with E-state index in [1.54, 1.807) is 13.0 Å². The summed E-state index contributed by atoms with van der Waals surface area (Å²) in [5, 5.41) is 12.9. The number of allylic oxidation sites excluding steroid dienone is 2. The van der Waals surface area contributed by atoms with Gasteiger partial charge in [0, 0.05) is 55.1 Å². The third-order valence-corrected chi connectivity index (χ3v) is 6.20. The number of ketones is 1. The molecule has 3 heterocycles. The molecular weight excluding hydrogens is 446 g/mol. The highest BCUT2D eigenvalue weighted by atomic mass is 19.1. The first-order valence-electron chi connectivity index (χ1n) is 11.2. The number of rotatable bonds is 3. The van der Waals surface area contributed by atoms with Crippen LogP contribution in [0.5, 0.6) is 5.75 Å². The molecule has 2 aliphatic rings. The Balaban J connectivity index is 0.00000158. The van der Waals surface area contributed by atoms with E-state index in [0.29, 0.717) is 44.2 Å². The molecule has 1 aromatic heterocycles. The second kappa shape index (κ2) is 10.3. The standard InChI is InChI=1S/C23H22F2N2O5.C2H6/c1-2-16-20(29)18-21(30)19(28)15(11-27(18)12-23(16)5-7-32-8-6-23)22(31)26-10-13-3-4-14(24)9-17(13)25;1-2/h2-4,9,11,30H,5-8,10,12H2,1H3,(H,26,31);1-2H3/b16-2+;. The molecular formula is C25H28F2N2O5. The Morgan fingerprint density at radius 1 is 1.24 bits per heavy atom. The summed E-state index contributed by atoms with van der Waals surface area (Å²) < 4.78 is 33.8. The number of pyridine rings is 1. The Morgan fingerprint density at radius 3 is 2.53 bits per heavy atom. The van der Waals surface area contributed by atoms with Crippen LogP contribution < -0.4 is 10.7 Å². The van der Waals surface area contributed by atoms with Gasteiger partial charge in [-0.05, 0) is 25.8 Å². The Bertz CT molecular complexity index is 1200. The number of carbonyl (C=O) groups is 2. The van der Waals surface area contributed by atoms with Crippen molar-refractivity contribution in [2.75, 3.05) is 13.2 Å². The third kappa shape index (κ3) is 4.52. The summed E-state index contributed by atoms with van der Waals surface area (Å²) in [5.74, 6) is -3.66. The molecule has 9 heteroatoms. The zero-order chi connectivity index (χ0) is 25.0. The number of amides is 1. The van der Waals surface area contributed by atoms with Crippen LogP contribution in [0, 0.1) is 17.0 Å². The van der Waals surface area contributed by atoms with Crippen LogP contribution in [0.4, 0.5) is 8.78 Å². The van der Waals surface area contributed by atoms with Crippen molar-refractivity contribution in [1.29, 1.82) is 0 Å². The van der Waals surface area contributed by atoms with Crippen LogP contribution in [0.2, 0.25) is 0 Å². The molecule has 7 nitrogen and oxygen atoms in total. The van der Waals surface area contributed by atoms with Crippen LogP contribution in [-0.4, -0.2) is 34.6 Å². The molecule has 2 aromatic rings. The first-order valence-corrected chi connectivity index (χ1v) is 11.2. The Kier molecular flexibility index (Phi) is 7.66. The van der Waals surface area contributed by atoms with Crippen molar-refractivity contribution >= 4 is 11.7 Å². The molecule has 1 fully saturated rings. The smallest absolute Gasteiger partial charge is 0.257 e. The molecule has 0 aliphatic carbocycles. The maximum absolute atomic E-state index is 13.8. The number of nitrogens with zero attached hydrogens (tertiary/aromatic N) is 1. The number of benzene rings is 1. The van der Waals surface area contributed by atoms with E-state index in [-0.39, 0.29) is 23.4 Å². The molecule has 2 aliphatic heterocycles. The Morgan fingerprint density at radius 2 is 1.91 bits per heavy atom. The number of nitrogens with one attached hydrogen (secondary N) is 1. The minimum atomic E-state index is -0.986. The van der Waals surface area contributed by atoms with Crippen LogP contribution in [0.25, 0.3) is 0 Å². The predicted molar refractivity (Wildman–Crippen MR) is 122 cm³/mol. The van der Waals surface area contributed by atoms with Gasteiger partial charge < -0.3 is 19.7 Å². The van der Waals surface area contributed by atoms with Gasteiger partial charge in [0.05, 0.1) is 0 Å². The van der Waals surface area contributed by atoms with Crippen molar-refractivity contribution in [2.45, 2.75) is 46.7 Å². The summed E-state index contributed by atoms with van der Waals surface area (Å²) >= 11 is 0. The minimum Gasteiger partial charge on any atom is -0.503 e. The zero-order valence-electron chi connectivity index (χ0n) is 19.4. The summed E-state index contributed by atoms with van der Waals surface area (Å²) in [6, 6.07) is 2.94. The lowest BCUT2D eigenvalue weighted by atomic mass is 9.69. The third-order valence-electron chi connectivity index (χ3n) is 6.20. The van der Waals surface area contributed by atoms with Crippen molar-refractivity contribution in [3.8, 4) is 5.75 Å². The molecule has 1 saturated heterocycles. The summed E-state index contributed by atoms with van der Waals surface area (Å²) in [6.07, 6.45) is 4.15. The largest absolute Gasteiger partial charge is 0.503 e. The molecule has 0 radical (unpaired) electrons. The molecule has 0 bridgehead atoms. The lowest BCUT2D eigenvalue weighted by Crippen LogP contribution is -2.44. The van der Waals surface area contributed by atoms with E-state index in [2.05, 4.69) is 5.32 Å². The summed E-state index contributed by atoms with van der Waals surface area (Å²) in [6.45, 7) is 6.71. The van der Waals surface area contributed by atoms with Gasteiger partial charge in [0.2, 0.25) is 11.2 Å². The highest BCUT2D eigenvalue weighted by Crippen LogP contribution is 2.45. The second-order valence-electron chi connectivity index (χ2n) is 8.04. The lowest BCUT2D eigenvalue weighted by Gasteiger charge is -2.43. The molecule has 0 unspecified atom stereocenters. The first-order chi connectivity index (χ1) is 16.3. The topological polar surface area (TPSA) is 97.6 Å². The molecule has 1 amide bonds. The number of ether oxygens (including phenoxy) is 1. The quantitative estimate of drug-likeness (QED) is 0.661. The van der Waals surface area contributed by atoms with E-state index in [1.807, 2.05) is 13.8 Å². The van der Waals surface area contributed by atoms with E-state index >= 15 is 0 Å². The number of carbonyl (C=O) groups excluding carboxylic acids is 2. The van der Waals surface area contributed by atoms with Gasteiger partial charge in [-0.1, -0.05) is 26.0 Å². The molecule has 34 heavy (non-hydrogen) atoms. The molecule has 2 N–H and O–H groups in total. The highest BCUT2D eigenvalue weighted by molar-refractivity contribution is 6.11. The Labute approximate surface area is 196 Å². The van der Waals surface area contributed by atoms with Gasteiger partial charge in [-0.2, -0.15) is 0 Å². The normalized spacial score (nSPS) is 17.7. The van der Waals surface area contributed by atoms with Gasteiger partial charge in [-0.25, -0.2) is 8.78 Å². The Hall–Kier alpha value is -3.33. The average Bonchev–Trinajstić information content (AvgIpc) is 2.82. The maximum atomic E-state index is 13.8. The van der Waals surface area contributed by atoms with Crippen LogP contribution in [0.15, 0.2) is 40.8 Å². The average molecular weight is 475 g/mol. The zero-order valence-corrected chi connectivity index (χ0v) is 19.4. The van der Waals surface area contributed by atoms with Crippen LogP contribution in [0.3, 0.4) is 0 Å². The number of Topliss-reactive ketones (excluding diaryl/α,β-unsaturated/α-hetero) is 1. The SMILES string of the molecule is C/C=C1\C(=O)c2c(O)c(=O)c(C(=O)NCc3ccc(F)cc3F)cn2CC12CCOCC2.CC. The van der Waals surface area contributed by atoms with E-state index < -0.39 is 39.9 Å². The summed E-state index contributed by atoms with van der Waals surface area (Å²) in [4.78, 5) is 38.5. The highest BCUT2D eigenvalue weighted by Gasteiger charge is 2.45. The van der Waals surface area contributed by atoms with Crippen LogP contribution >= 0.6 is 0 Å². The van der Waals surface area contributed by atoms with E-state index in [4.69, 9.17) is 4.74 Å². The number of hydrogen-bond acceptors (Lipinski definition) is 5. The number of halogens is 2. The van der Waals surface area contributed by atoms with E-state index in [0.717, 1.165) is 6.07 Å². The van der Waals surface area contributed by atoms with Crippen molar-refractivity contribution in [3.05, 3.63) is 74.7 Å². The molecule has 4 rings (SSSR count). The fraction of sp³-hybridized carbons (Fsp3) is 0.400. The van der Waals surface area contributed by atoms with E-state index in [9.17, 15) is 28.3 Å². The molecule has 1 spiro atoms.